The van der Waals surface area contributed by atoms with Gasteiger partial charge in [-0.1, -0.05) is 6.07 Å². The van der Waals surface area contributed by atoms with E-state index in [9.17, 15) is 31.6 Å². The summed E-state index contributed by atoms with van der Waals surface area (Å²) >= 11 is 0.649. The number of anilines is 1. The van der Waals surface area contributed by atoms with Crippen LogP contribution in [0.4, 0.5) is 35.7 Å². The summed E-state index contributed by atoms with van der Waals surface area (Å²) < 4.78 is 116. The number of nitrogen functional groups attached to an aromatic ring is 1. The van der Waals surface area contributed by atoms with Crippen molar-refractivity contribution in [3.05, 3.63) is 41.0 Å². The number of nitrogens with two attached hydrogens (primary N) is 1. The molecular formula is C30H25F7N6O2S. The van der Waals surface area contributed by atoms with E-state index in [0.29, 0.717) is 30.4 Å². The number of benzene rings is 2. The van der Waals surface area contributed by atoms with Crippen molar-refractivity contribution in [2.45, 2.75) is 49.4 Å². The third kappa shape index (κ3) is 4.96. The Morgan fingerprint density at radius 3 is 2.72 bits per heavy atom. The summed E-state index contributed by atoms with van der Waals surface area (Å²) in [4.78, 5) is 10.2. The van der Waals surface area contributed by atoms with E-state index in [-0.39, 0.29) is 53.3 Å². The first-order valence-electron chi connectivity index (χ1n) is 14.5. The summed E-state index contributed by atoms with van der Waals surface area (Å²) in [5, 5.41) is 11.6. The lowest BCUT2D eigenvalue weighted by atomic mass is 9.92. The molecule has 3 aliphatic heterocycles. The van der Waals surface area contributed by atoms with Crippen LogP contribution in [0.25, 0.3) is 32.1 Å². The summed E-state index contributed by atoms with van der Waals surface area (Å²) in [5.74, 6) is -2.87. The minimum Gasteiger partial charge on any atom is -0.469 e. The van der Waals surface area contributed by atoms with E-state index >= 15 is 4.39 Å². The molecule has 46 heavy (non-hydrogen) atoms. The van der Waals surface area contributed by atoms with Crippen LogP contribution in [0.1, 0.15) is 30.4 Å². The van der Waals surface area contributed by atoms with Gasteiger partial charge in [0.15, 0.2) is 12.0 Å². The Morgan fingerprint density at radius 2 is 2.00 bits per heavy atom. The van der Waals surface area contributed by atoms with Crippen LogP contribution in [0.2, 0.25) is 0 Å². The first-order valence-corrected chi connectivity index (χ1v) is 15.3. The minimum absolute atomic E-state index is 0.00951. The lowest BCUT2D eigenvalue weighted by Gasteiger charge is -2.30. The van der Waals surface area contributed by atoms with Crippen LogP contribution in [0.3, 0.4) is 0 Å². The van der Waals surface area contributed by atoms with E-state index in [1.54, 1.807) is 6.07 Å². The predicted molar refractivity (Wildman–Crippen MR) is 155 cm³/mol. The molecule has 0 amide bonds. The van der Waals surface area contributed by atoms with Crippen molar-refractivity contribution >= 4 is 37.3 Å². The van der Waals surface area contributed by atoms with Gasteiger partial charge >= 0.3 is 12.2 Å². The van der Waals surface area contributed by atoms with Crippen molar-refractivity contribution in [1.82, 2.24) is 20.2 Å². The SMILES string of the molecule is N#Cc1c(N)sc2c(F)ccc(-c3c(C(F)(F)F)cc4c(O[C@H]5CNC[C@@H]5F)nc(OC[C@@]56CCCN5C[C@H](F)C6)nc4c3F)c12. The fourth-order valence-corrected chi connectivity index (χ4v) is 7.81. The number of nitriles is 1. The number of halogens is 7. The highest BCUT2D eigenvalue weighted by molar-refractivity contribution is 7.23. The molecule has 5 heterocycles. The molecule has 3 N–H and O–H groups in total. The molecule has 0 radical (unpaired) electrons. The summed E-state index contributed by atoms with van der Waals surface area (Å²) in [5.41, 5.74) is 1.37. The molecule has 0 aliphatic carbocycles. The highest BCUT2D eigenvalue weighted by Crippen LogP contribution is 2.48. The van der Waals surface area contributed by atoms with Crippen LogP contribution in [0.15, 0.2) is 18.2 Å². The van der Waals surface area contributed by atoms with Gasteiger partial charge in [-0.25, -0.2) is 17.6 Å². The lowest BCUT2D eigenvalue weighted by molar-refractivity contribution is -0.137. The monoisotopic (exact) mass is 666 g/mol. The summed E-state index contributed by atoms with van der Waals surface area (Å²) in [6, 6.07) is 3.71. The zero-order chi connectivity index (χ0) is 32.5. The third-order valence-electron chi connectivity index (χ3n) is 8.96. The molecule has 242 valence electrons. The number of fused-ring (bicyclic) bond motifs is 3. The highest BCUT2D eigenvalue weighted by Gasteiger charge is 2.49. The zero-order valence-electron chi connectivity index (χ0n) is 23.9. The van der Waals surface area contributed by atoms with Gasteiger partial charge in [-0.3, -0.25) is 4.90 Å². The topological polar surface area (TPSA) is 109 Å². The molecule has 0 saturated carbocycles. The molecule has 0 bridgehead atoms. The molecule has 0 unspecified atom stereocenters. The number of thiophene rings is 1. The van der Waals surface area contributed by atoms with Gasteiger partial charge in [-0.2, -0.15) is 28.4 Å². The Balaban J connectivity index is 1.44. The maximum absolute atomic E-state index is 16.7. The average Bonchev–Trinajstić information content (AvgIpc) is 3.74. The smallest absolute Gasteiger partial charge is 0.417 e. The Hall–Kier alpha value is -3.94. The fourth-order valence-electron chi connectivity index (χ4n) is 6.86. The quantitative estimate of drug-likeness (QED) is 0.245. The van der Waals surface area contributed by atoms with Gasteiger partial charge in [0.2, 0.25) is 5.88 Å². The van der Waals surface area contributed by atoms with E-state index in [1.807, 2.05) is 4.90 Å². The van der Waals surface area contributed by atoms with Crippen molar-refractivity contribution in [2.24, 2.45) is 0 Å². The van der Waals surface area contributed by atoms with E-state index < -0.39 is 81.3 Å². The van der Waals surface area contributed by atoms with Crippen molar-refractivity contribution < 1.29 is 40.2 Å². The normalized spacial score (nSPS) is 25.0. The van der Waals surface area contributed by atoms with Crippen molar-refractivity contribution in [2.75, 3.05) is 38.5 Å². The molecule has 4 aromatic rings. The van der Waals surface area contributed by atoms with Crippen LogP contribution in [0.5, 0.6) is 11.9 Å². The van der Waals surface area contributed by atoms with Gasteiger partial charge in [0, 0.05) is 37.0 Å². The van der Waals surface area contributed by atoms with Crippen molar-refractivity contribution in [3.63, 3.8) is 0 Å². The first kappa shape index (κ1) is 30.7. The second-order valence-electron chi connectivity index (χ2n) is 11.8. The van der Waals surface area contributed by atoms with E-state index in [0.717, 1.165) is 18.6 Å². The molecule has 3 fully saturated rings. The molecule has 3 saturated heterocycles. The summed E-state index contributed by atoms with van der Waals surface area (Å²) in [6.07, 6.45) is -7.31. The lowest BCUT2D eigenvalue weighted by Crippen LogP contribution is -2.43. The average molecular weight is 667 g/mol. The molecule has 4 atom stereocenters. The van der Waals surface area contributed by atoms with Crippen molar-refractivity contribution in [1.29, 1.82) is 5.26 Å². The fraction of sp³-hybridized carbons (Fsp3) is 0.433. The molecular weight excluding hydrogens is 641 g/mol. The standard InChI is InChI=1S/C30H25F7N6O2S/c31-13-7-29(4-1-5-43(29)11-13)12-44-28-41-24-15(27(42-28)45-20-10-40-9-19(20)33)6-17(30(35,36)37)22(23(24)34)14-2-3-18(32)25-21(14)16(8-38)26(39)46-25/h2-3,6,13,19-20,40H,1,4-5,7,9-12,39H2/t13-,19+,20+,29+/m1/s1. The molecule has 2 aromatic carbocycles. The van der Waals surface area contributed by atoms with Gasteiger partial charge in [0.1, 0.15) is 41.3 Å². The number of alkyl halides is 5. The van der Waals surface area contributed by atoms with Gasteiger partial charge in [0.05, 0.1) is 26.8 Å². The number of aromatic nitrogens is 2. The van der Waals surface area contributed by atoms with E-state index in [4.69, 9.17) is 15.2 Å². The van der Waals surface area contributed by atoms with E-state index in [1.165, 1.54) is 0 Å². The van der Waals surface area contributed by atoms with E-state index in [2.05, 4.69) is 15.3 Å². The molecule has 16 heteroatoms. The first-order chi connectivity index (χ1) is 21.9. The van der Waals surface area contributed by atoms with Crippen LogP contribution >= 0.6 is 11.3 Å². The van der Waals surface area contributed by atoms with Crippen molar-refractivity contribution in [3.8, 4) is 29.1 Å². The number of hydrogen-bond donors (Lipinski definition) is 2. The van der Waals surface area contributed by atoms with Gasteiger partial charge < -0.3 is 20.5 Å². The summed E-state index contributed by atoms with van der Waals surface area (Å²) in [7, 11) is 0. The molecule has 2 aromatic heterocycles. The number of ether oxygens (including phenoxy) is 2. The number of nitrogens with one attached hydrogen (secondary N) is 1. The Labute approximate surface area is 260 Å². The Bertz CT molecular complexity index is 1910. The van der Waals surface area contributed by atoms with Gasteiger partial charge in [-0.05, 0) is 37.1 Å². The molecule has 8 nitrogen and oxygen atoms in total. The largest absolute Gasteiger partial charge is 0.469 e. The van der Waals surface area contributed by atoms with Gasteiger partial charge in [-0.15, -0.1) is 11.3 Å². The summed E-state index contributed by atoms with van der Waals surface area (Å²) in [6.45, 7) is 0.742. The Morgan fingerprint density at radius 1 is 1.20 bits per heavy atom. The Kier molecular flexibility index (Phi) is 7.41. The maximum atomic E-state index is 16.7. The van der Waals surface area contributed by atoms with Crippen LogP contribution < -0.4 is 20.5 Å². The number of hydrogen-bond acceptors (Lipinski definition) is 9. The molecule has 7 rings (SSSR count). The third-order valence-corrected chi connectivity index (χ3v) is 9.99. The molecule has 0 spiro atoms. The minimum atomic E-state index is -5.17. The zero-order valence-corrected chi connectivity index (χ0v) is 24.7. The highest BCUT2D eigenvalue weighted by atomic mass is 32.1. The number of nitrogens with zero attached hydrogens (tertiary/aromatic N) is 4. The maximum Gasteiger partial charge on any atom is 0.417 e. The van der Waals surface area contributed by atoms with Crippen LogP contribution in [-0.2, 0) is 6.18 Å². The predicted octanol–water partition coefficient (Wildman–Crippen LogP) is 5.91. The van der Waals surface area contributed by atoms with Crippen LogP contribution in [0, 0.1) is 23.0 Å². The second kappa shape index (κ2) is 11.1. The van der Waals surface area contributed by atoms with Gasteiger partial charge in [0.25, 0.3) is 0 Å². The molecule has 3 aliphatic rings. The van der Waals surface area contributed by atoms with Crippen LogP contribution in [-0.4, -0.2) is 71.6 Å². The number of rotatable bonds is 6. The second-order valence-corrected chi connectivity index (χ2v) is 12.8.